The molecule has 3 aromatic heterocycles. The zero-order valence-corrected chi connectivity index (χ0v) is 35.2. The predicted molar refractivity (Wildman–Crippen MR) is 267 cm³/mol. The highest BCUT2D eigenvalue weighted by Gasteiger charge is 2.19. The zero-order chi connectivity index (χ0) is 43.7. The fourth-order valence-corrected chi connectivity index (χ4v) is 9.49. The van der Waals surface area contributed by atoms with E-state index >= 15 is 0 Å². The summed E-state index contributed by atoms with van der Waals surface area (Å²) in [5, 5.41) is 18.4. The second-order valence-corrected chi connectivity index (χ2v) is 16.7. The van der Waals surface area contributed by atoms with Crippen LogP contribution >= 0.6 is 0 Å². The lowest BCUT2D eigenvalue weighted by molar-refractivity contribution is 0.669. The van der Waals surface area contributed by atoms with Gasteiger partial charge in [-0.3, -0.25) is 0 Å². The summed E-state index contributed by atoms with van der Waals surface area (Å²) >= 11 is 0. The lowest BCUT2D eigenvalue weighted by Gasteiger charge is -2.12. The predicted octanol–water partition coefficient (Wildman–Crippen LogP) is 15.9. The van der Waals surface area contributed by atoms with Gasteiger partial charge < -0.3 is 8.83 Å². The van der Waals surface area contributed by atoms with Crippen molar-refractivity contribution < 1.29 is 8.83 Å². The lowest BCUT2D eigenvalue weighted by Crippen LogP contribution is -2.00. The first kappa shape index (κ1) is 37.4. The third-order valence-corrected chi connectivity index (χ3v) is 12.7. The molecule has 6 nitrogen and oxygen atoms in total. The Morgan fingerprint density at radius 2 is 0.788 bits per heavy atom. The van der Waals surface area contributed by atoms with E-state index in [1.165, 1.54) is 0 Å². The number of benzene rings is 10. The normalized spacial score (nSPS) is 11.6. The van der Waals surface area contributed by atoms with Gasteiger partial charge in [-0.1, -0.05) is 152 Å². The van der Waals surface area contributed by atoms with Crippen LogP contribution in [0.25, 0.3) is 133 Å². The summed E-state index contributed by atoms with van der Waals surface area (Å²) in [4.78, 5) is 15.1. The van der Waals surface area contributed by atoms with Crippen molar-refractivity contribution in [1.29, 1.82) is 5.26 Å². The number of nitriles is 1. The van der Waals surface area contributed by atoms with Crippen molar-refractivity contribution in [2.24, 2.45) is 0 Å². The van der Waals surface area contributed by atoms with E-state index in [-0.39, 0.29) is 0 Å². The van der Waals surface area contributed by atoms with E-state index in [9.17, 15) is 5.26 Å². The Labute approximate surface area is 378 Å². The molecule has 0 unspecified atom stereocenters. The van der Waals surface area contributed by atoms with Crippen molar-refractivity contribution in [1.82, 2.24) is 15.0 Å². The first-order chi connectivity index (χ1) is 32.6. The number of hydrogen-bond donors (Lipinski definition) is 0. The molecule has 0 spiro atoms. The average Bonchev–Trinajstić information content (AvgIpc) is 3.98. The largest absolute Gasteiger partial charge is 0.456 e. The molecule has 0 aliphatic carbocycles. The van der Waals surface area contributed by atoms with E-state index in [0.29, 0.717) is 23.0 Å². The van der Waals surface area contributed by atoms with Gasteiger partial charge in [-0.2, -0.15) is 5.26 Å². The van der Waals surface area contributed by atoms with Gasteiger partial charge in [0.2, 0.25) is 0 Å². The van der Waals surface area contributed by atoms with Gasteiger partial charge in [-0.25, -0.2) is 15.0 Å². The number of fused-ring (bicyclic) bond motifs is 11. The molecule has 13 aromatic rings. The van der Waals surface area contributed by atoms with Crippen molar-refractivity contribution in [2.45, 2.75) is 0 Å². The Bertz CT molecular complexity index is 4120. The number of para-hydroxylation sites is 2. The Morgan fingerprint density at radius 1 is 0.303 bits per heavy atom. The van der Waals surface area contributed by atoms with Gasteiger partial charge >= 0.3 is 0 Å². The topological polar surface area (TPSA) is 88.7 Å². The first-order valence-electron chi connectivity index (χ1n) is 21.9. The Balaban J connectivity index is 0.874. The monoisotopic (exact) mass is 842 g/mol. The van der Waals surface area contributed by atoms with E-state index in [0.717, 1.165) is 115 Å². The van der Waals surface area contributed by atoms with Gasteiger partial charge in [0, 0.05) is 43.6 Å². The van der Waals surface area contributed by atoms with Crippen molar-refractivity contribution in [2.75, 3.05) is 0 Å². The molecule has 306 valence electrons. The van der Waals surface area contributed by atoms with Gasteiger partial charge in [0.25, 0.3) is 0 Å². The minimum Gasteiger partial charge on any atom is -0.456 e. The van der Waals surface area contributed by atoms with Crippen LogP contribution < -0.4 is 0 Å². The van der Waals surface area contributed by atoms with Gasteiger partial charge in [-0.15, -0.1) is 0 Å². The van der Waals surface area contributed by atoms with Crippen LogP contribution in [0, 0.1) is 11.3 Å². The smallest absolute Gasteiger partial charge is 0.164 e. The zero-order valence-electron chi connectivity index (χ0n) is 35.2. The van der Waals surface area contributed by atoms with E-state index in [4.69, 9.17) is 23.8 Å². The summed E-state index contributed by atoms with van der Waals surface area (Å²) < 4.78 is 13.0. The van der Waals surface area contributed by atoms with Crippen LogP contribution in [-0.4, -0.2) is 15.0 Å². The van der Waals surface area contributed by atoms with E-state index in [1.807, 2.05) is 84.9 Å². The molecule has 0 N–H and O–H groups in total. The Hall–Kier alpha value is -9.18. The molecule has 0 radical (unpaired) electrons. The SMILES string of the molecule is N#Cc1cccc(-c2ccc3c4ccc(-c5ccc(-c6cccc(-c7nc(-c8ccccc8)nc(-c8ccc9c(c8)oc8ccccc89)n7)c6)cc5)cc4c4oc5ccccc5c4c3c2)c1. The number of aromatic nitrogens is 3. The number of rotatable bonds is 6. The maximum Gasteiger partial charge on any atom is 0.164 e. The molecule has 0 saturated heterocycles. The summed E-state index contributed by atoms with van der Waals surface area (Å²) in [6.07, 6.45) is 0. The molecule has 66 heavy (non-hydrogen) atoms. The van der Waals surface area contributed by atoms with Gasteiger partial charge in [0.15, 0.2) is 17.5 Å². The fraction of sp³-hybridized carbons (Fsp3) is 0. The van der Waals surface area contributed by atoms with Crippen molar-refractivity contribution in [3.63, 3.8) is 0 Å². The van der Waals surface area contributed by atoms with Crippen molar-refractivity contribution in [3.8, 4) is 73.6 Å². The molecule has 0 fully saturated rings. The second-order valence-electron chi connectivity index (χ2n) is 16.7. The molecule has 0 aliphatic rings. The summed E-state index contributed by atoms with van der Waals surface area (Å²) in [7, 11) is 0. The standard InChI is InChI=1S/C60H34N4O2/c61-35-36-10-8-13-40(30-36)43-25-27-46-47-28-24-42(33-52(47)57-56(51(46)32-43)50-17-5-7-19-54(50)66-57)38-22-20-37(21-23-38)41-14-9-15-44(31-41)59-62-58(39-11-2-1-3-12-39)63-60(64-59)45-26-29-49-48-16-4-6-18-53(48)65-55(49)34-45/h1-34H. The third kappa shape index (κ3) is 6.22. The second kappa shape index (κ2) is 15.0. The van der Waals surface area contributed by atoms with Crippen LogP contribution in [0.15, 0.2) is 215 Å². The summed E-state index contributed by atoms with van der Waals surface area (Å²) in [6, 6.07) is 73.0. The fourth-order valence-electron chi connectivity index (χ4n) is 9.49. The first-order valence-corrected chi connectivity index (χ1v) is 21.9. The molecule has 0 atom stereocenters. The van der Waals surface area contributed by atoms with Gasteiger partial charge in [0.1, 0.15) is 22.3 Å². The minimum absolute atomic E-state index is 0.575. The number of furan rings is 2. The summed E-state index contributed by atoms with van der Waals surface area (Å²) in [5.74, 6) is 1.77. The molecule has 0 saturated carbocycles. The van der Waals surface area contributed by atoms with E-state index in [2.05, 4.69) is 127 Å². The highest BCUT2D eigenvalue weighted by atomic mass is 16.3. The highest BCUT2D eigenvalue weighted by molar-refractivity contribution is 6.31. The molecular formula is C60H34N4O2. The molecule has 6 heteroatoms. The average molecular weight is 843 g/mol. The third-order valence-electron chi connectivity index (χ3n) is 12.7. The van der Waals surface area contributed by atoms with Gasteiger partial charge in [-0.05, 0) is 104 Å². The highest BCUT2D eigenvalue weighted by Crippen LogP contribution is 2.44. The molecular weight excluding hydrogens is 809 g/mol. The summed E-state index contributed by atoms with van der Waals surface area (Å²) in [6.45, 7) is 0. The summed E-state index contributed by atoms with van der Waals surface area (Å²) in [5.41, 5.74) is 13.0. The van der Waals surface area contributed by atoms with Crippen molar-refractivity contribution >= 4 is 65.4 Å². The van der Waals surface area contributed by atoms with E-state index in [1.54, 1.807) is 0 Å². The molecule has 0 bridgehead atoms. The van der Waals surface area contributed by atoms with Gasteiger partial charge in [0.05, 0.1) is 11.6 Å². The number of hydrogen-bond acceptors (Lipinski definition) is 6. The number of nitrogens with zero attached hydrogens (tertiary/aromatic N) is 4. The minimum atomic E-state index is 0.575. The maximum atomic E-state index is 9.59. The van der Waals surface area contributed by atoms with Crippen LogP contribution in [0.5, 0.6) is 0 Å². The van der Waals surface area contributed by atoms with Crippen LogP contribution in [0.4, 0.5) is 0 Å². The Kier molecular flexibility index (Phi) is 8.48. The van der Waals surface area contributed by atoms with Crippen molar-refractivity contribution in [3.05, 3.63) is 212 Å². The molecule has 0 aliphatic heterocycles. The molecule has 10 aromatic carbocycles. The lowest BCUT2D eigenvalue weighted by atomic mass is 9.91. The quantitative estimate of drug-likeness (QED) is 0.155. The van der Waals surface area contributed by atoms with Crippen LogP contribution in [0.2, 0.25) is 0 Å². The van der Waals surface area contributed by atoms with E-state index < -0.39 is 0 Å². The van der Waals surface area contributed by atoms with Crippen LogP contribution in [0.1, 0.15) is 5.56 Å². The molecule has 13 rings (SSSR count). The maximum absolute atomic E-state index is 9.59. The molecule has 3 heterocycles. The van der Waals surface area contributed by atoms with Crippen LogP contribution in [-0.2, 0) is 0 Å². The Morgan fingerprint density at radius 3 is 1.53 bits per heavy atom. The van der Waals surface area contributed by atoms with Crippen LogP contribution in [0.3, 0.4) is 0 Å². The molecule has 0 amide bonds.